The van der Waals surface area contributed by atoms with Gasteiger partial charge in [-0.3, -0.25) is 4.79 Å². The van der Waals surface area contributed by atoms with E-state index in [0.29, 0.717) is 29.6 Å². The molecule has 1 amide bonds. The van der Waals surface area contributed by atoms with Crippen LogP contribution in [0.3, 0.4) is 0 Å². The summed E-state index contributed by atoms with van der Waals surface area (Å²) in [6.07, 6.45) is 0.926. The Labute approximate surface area is 167 Å². The Morgan fingerprint density at radius 1 is 1.32 bits per heavy atom. The third kappa shape index (κ3) is 4.82. The summed E-state index contributed by atoms with van der Waals surface area (Å²) >= 11 is 1.55. The van der Waals surface area contributed by atoms with E-state index < -0.39 is 0 Å². The first kappa shape index (κ1) is 19.7. The van der Waals surface area contributed by atoms with Crippen molar-refractivity contribution in [2.24, 2.45) is 0 Å². The highest BCUT2D eigenvalue weighted by atomic mass is 32.1. The predicted molar refractivity (Wildman–Crippen MR) is 107 cm³/mol. The maximum atomic E-state index is 12.7. The summed E-state index contributed by atoms with van der Waals surface area (Å²) in [6, 6.07) is 12.5. The Bertz CT molecular complexity index is 944. The Balaban J connectivity index is 1.66. The van der Waals surface area contributed by atoms with Crippen LogP contribution in [0, 0.1) is 11.3 Å². The maximum absolute atomic E-state index is 12.7. The summed E-state index contributed by atoms with van der Waals surface area (Å²) in [7, 11) is 0. The van der Waals surface area contributed by atoms with E-state index >= 15 is 0 Å². The lowest BCUT2D eigenvalue weighted by molar-refractivity contribution is -0.928. The molecule has 1 unspecified atom stereocenters. The molecule has 0 radical (unpaired) electrons. The molecule has 2 aromatic heterocycles. The number of hydrogen-bond acceptors (Lipinski definition) is 6. The fraction of sp³-hybridized carbons (Fsp3) is 0.300. The highest BCUT2D eigenvalue weighted by Crippen LogP contribution is 2.22. The topological polar surface area (TPSA) is 96.2 Å². The molecule has 28 heavy (non-hydrogen) atoms. The van der Waals surface area contributed by atoms with Crippen LogP contribution in [0.25, 0.3) is 10.8 Å². The van der Waals surface area contributed by atoms with E-state index in [9.17, 15) is 4.79 Å². The number of anilines is 1. The summed E-state index contributed by atoms with van der Waals surface area (Å²) in [6.45, 7) is 5.25. The zero-order chi connectivity index (χ0) is 19.9. The van der Waals surface area contributed by atoms with E-state index in [4.69, 9.17) is 9.68 Å². The number of quaternary nitrogens is 1. The number of nitrogens with one attached hydrogen (secondary N) is 2. The van der Waals surface area contributed by atoms with E-state index in [2.05, 4.69) is 28.5 Å². The molecule has 0 spiro atoms. The van der Waals surface area contributed by atoms with Gasteiger partial charge in [0, 0.05) is 5.69 Å². The molecular formula is C20H22N5O2S+. The van der Waals surface area contributed by atoms with Crippen LogP contribution >= 0.6 is 11.3 Å². The van der Waals surface area contributed by atoms with Crippen LogP contribution in [0.15, 0.2) is 46.2 Å². The van der Waals surface area contributed by atoms with Crippen molar-refractivity contribution in [1.82, 2.24) is 10.2 Å². The summed E-state index contributed by atoms with van der Waals surface area (Å²) in [5, 5.41) is 22.0. The quantitative estimate of drug-likeness (QED) is 0.610. The summed E-state index contributed by atoms with van der Waals surface area (Å²) in [4.78, 5) is 14.7. The molecule has 2 heterocycles. The summed E-state index contributed by atoms with van der Waals surface area (Å²) < 4.78 is 5.78. The summed E-state index contributed by atoms with van der Waals surface area (Å²) in [5.41, 5.74) is 1.23. The highest BCUT2D eigenvalue weighted by molar-refractivity contribution is 7.13. The van der Waals surface area contributed by atoms with E-state index in [1.807, 2.05) is 24.4 Å². The lowest BCUT2D eigenvalue weighted by atomic mass is 10.2. The number of benzene rings is 1. The number of nitrogens with zero attached hydrogens (tertiary/aromatic N) is 3. The van der Waals surface area contributed by atoms with Gasteiger partial charge in [-0.1, -0.05) is 13.0 Å². The lowest BCUT2D eigenvalue weighted by Gasteiger charge is -2.23. The van der Waals surface area contributed by atoms with Gasteiger partial charge >= 0.3 is 0 Å². The fourth-order valence-corrected chi connectivity index (χ4v) is 3.51. The minimum absolute atomic E-state index is 0.0915. The molecule has 0 bridgehead atoms. The number of rotatable bonds is 8. The zero-order valence-electron chi connectivity index (χ0n) is 15.8. The van der Waals surface area contributed by atoms with Gasteiger partial charge in [0.1, 0.15) is 0 Å². The largest absolute Gasteiger partial charge is 0.414 e. The van der Waals surface area contributed by atoms with Gasteiger partial charge < -0.3 is 14.6 Å². The van der Waals surface area contributed by atoms with Gasteiger partial charge in [-0.25, -0.2) is 0 Å². The van der Waals surface area contributed by atoms with Gasteiger partial charge in [-0.2, -0.15) is 5.26 Å². The third-order valence-electron chi connectivity index (χ3n) is 4.44. The minimum atomic E-state index is -0.298. The average Bonchev–Trinajstić information content (AvgIpc) is 3.39. The van der Waals surface area contributed by atoms with Crippen molar-refractivity contribution in [3.63, 3.8) is 0 Å². The van der Waals surface area contributed by atoms with E-state index in [1.165, 1.54) is 0 Å². The average molecular weight is 396 g/mol. The van der Waals surface area contributed by atoms with Gasteiger partial charge in [-0.05, 0) is 49.1 Å². The molecule has 3 rings (SSSR count). The molecule has 0 fully saturated rings. The molecule has 2 N–H and O–H groups in total. The lowest BCUT2D eigenvalue weighted by Crippen LogP contribution is -3.15. The summed E-state index contributed by atoms with van der Waals surface area (Å²) in [5.74, 6) is 0.937. The minimum Gasteiger partial charge on any atom is -0.414 e. The molecule has 0 saturated carbocycles. The normalized spacial score (nSPS) is 12.9. The van der Waals surface area contributed by atoms with Gasteiger partial charge in [0.25, 0.3) is 17.7 Å². The first-order valence-electron chi connectivity index (χ1n) is 9.12. The molecular weight excluding hydrogens is 374 g/mol. The molecule has 144 valence electrons. The second kappa shape index (κ2) is 9.26. The highest BCUT2D eigenvalue weighted by Gasteiger charge is 2.27. The van der Waals surface area contributed by atoms with Crippen LogP contribution in [0.5, 0.6) is 0 Å². The molecule has 2 atom stereocenters. The Morgan fingerprint density at radius 2 is 2.11 bits per heavy atom. The van der Waals surface area contributed by atoms with Crippen molar-refractivity contribution in [1.29, 1.82) is 5.26 Å². The van der Waals surface area contributed by atoms with Crippen molar-refractivity contribution < 1.29 is 14.1 Å². The number of amides is 1. The van der Waals surface area contributed by atoms with E-state index in [1.54, 1.807) is 35.6 Å². The number of hydrogen-bond donors (Lipinski definition) is 2. The first-order valence-corrected chi connectivity index (χ1v) is 10.0. The number of aromatic nitrogens is 2. The smallest absolute Gasteiger partial charge is 0.282 e. The van der Waals surface area contributed by atoms with Gasteiger partial charge in [-0.15, -0.1) is 21.5 Å². The van der Waals surface area contributed by atoms with Crippen LogP contribution in [-0.4, -0.2) is 28.7 Å². The van der Waals surface area contributed by atoms with Crippen LogP contribution in [0.2, 0.25) is 0 Å². The van der Waals surface area contributed by atoms with Crippen molar-refractivity contribution in [2.75, 3.05) is 11.9 Å². The van der Waals surface area contributed by atoms with Gasteiger partial charge in [0.15, 0.2) is 12.6 Å². The predicted octanol–water partition coefficient (Wildman–Crippen LogP) is 2.49. The van der Waals surface area contributed by atoms with Crippen LogP contribution in [0.4, 0.5) is 5.69 Å². The third-order valence-corrected chi connectivity index (χ3v) is 5.29. The molecule has 0 saturated heterocycles. The monoisotopic (exact) mass is 396 g/mol. The van der Waals surface area contributed by atoms with Crippen LogP contribution in [-0.2, 0) is 11.3 Å². The first-order chi connectivity index (χ1) is 13.6. The molecule has 7 nitrogen and oxygen atoms in total. The van der Waals surface area contributed by atoms with Crippen LogP contribution < -0.4 is 10.2 Å². The standard InChI is InChI=1S/C20H21N5O2S/c1-3-10-25(13-18-23-24-20(27-18)17-5-4-11-28-17)14(2)19(26)22-16-8-6-15(12-21)7-9-16/h4-9,11,14H,3,10,13H2,1-2H3,(H,22,26)/p+1/t14-/m1/s1. The van der Waals surface area contributed by atoms with Crippen LogP contribution in [0.1, 0.15) is 31.7 Å². The van der Waals surface area contributed by atoms with Gasteiger partial charge in [0.2, 0.25) is 0 Å². The van der Waals surface area contributed by atoms with Crippen molar-refractivity contribution in [2.45, 2.75) is 32.9 Å². The number of carbonyl (C=O) groups excluding carboxylic acids is 1. The second-order valence-electron chi connectivity index (χ2n) is 6.46. The molecule has 3 aromatic rings. The Hall–Kier alpha value is -3.02. The van der Waals surface area contributed by atoms with Crippen molar-refractivity contribution in [3.05, 3.63) is 53.2 Å². The number of carbonyl (C=O) groups is 1. The number of thiophene rings is 1. The Morgan fingerprint density at radius 3 is 2.75 bits per heavy atom. The molecule has 1 aromatic carbocycles. The molecule has 8 heteroatoms. The zero-order valence-corrected chi connectivity index (χ0v) is 16.6. The second-order valence-corrected chi connectivity index (χ2v) is 7.41. The van der Waals surface area contributed by atoms with E-state index in [-0.39, 0.29) is 11.9 Å². The Kier molecular flexibility index (Phi) is 6.53. The van der Waals surface area contributed by atoms with E-state index in [0.717, 1.165) is 22.7 Å². The molecule has 0 aliphatic heterocycles. The maximum Gasteiger partial charge on any atom is 0.282 e. The SMILES string of the molecule is CCC[NH+](Cc1nnc(-c2cccs2)o1)[C@H](C)C(=O)Nc1ccc(C#N)cc1. The van der Waals surface area contributed by atoms with Gasteiger partial charge in [0.05, 0.1) is 23.1 Å². The van der Waals surface area contributed by atoms with Crippen molar-refractivity contribution >= 4 is 22.9 Å². The molecule has 0 aliphatic rings. The fourth-order valence-electron chi connectivity index (χ4n) is 2.86. The van der Waals surface area contributed by atoms with Crippen molar-refractivity contribution in [3.8, 4) is 16.8 Å². The number of nitriles is 1. The molecule has 0 aliphatic carbocycles.